The van der Waals surface area contributed by atoms with Crippen LogP contribution in [0.4, 0.5) is 0 Å². The third-order valence-electron chi connectivity index (χ3n) is 0.940. The van der Waals surface area contributed by atoms with Crippen LogP contribution in [-0.2, 0) is 9.53 Å². The molecule has 0 aromatic heterocycles. The van der Waals surface area contributed by atoms with Crippen LogP contribution in [0.3, 0.4) is 0 Å². The predicted molar refractivity (Wildman–Crippen MR) is 37.9 cm³/mol. The van der Waals surface area contributed by atoms with Gasteiger partial charge in [-0.1, -0.05) is 0 Å². The Kier molecular flexibility index (Phi) is 4.23. The van der Waals surface area contributed by atoms with E-state index in [0.717, 1.165) is 0 Å². The van der Waals surface area contributed by atoms with Crippen molar-refractivity contribution in [3.8, 4) is 6.07 Å². The Bertz CT molecular complexity index is 171. The second-order valence-corrected chi connectivity index (χ2v) is 2.40. The molecule has 0 aliphatic rings. The Balaban J connectivity index is 3.79. The van der Waals surface area contributed by atoms with Crippen molar-refractivity contribution in [1.29, 1.82) is 5.26 Å². The molecule has 4 nitrogen and oxygen atoms in total. The summed E-state index contributed by atoms with van der Waals surface area (Å²) in [5, 5.41) is 16.7. The maximum Gasteiger partial charge on any atom is 0.307 e. The molecular weight excluding hydrogens is 146 g/mol. The molecule has 0 amide bonds. The van der Waals surface area contributed by atoms with E-state index in [1.807, 2.05) is 0 Å². The summed E-state index contributed by atoms with van der Waals surface area (Å²) in [6.45, 7) is 3.51. The molecule has 0 spiro atoms. The molecule has 0 radical (unpaired) electrons. The third-order valence-corrected chi connectivity index (χ3v) is 0.940. The number of nitrogens with zero attached hydrogens (tertiary/aromatic N) is 1. The van der Waals surface area contributed by atoms with Gasteiger partial charge < -0.3 is 9.84 Å². The van der Waals surface area contributed by atoms with Crippen LogP contribution in [0.25, 0.3) is 0 Å². The minimum absolute atomic E-state index is 0.112. The zero-order valence-electron chi connectivity index (χ0n) is 6.57. The number of nitriles is 1. The van der Waals surface area contributed by atoms with Crippen molar-refractivity contribution in [1.82, 2.24) is 0 Å². The first-order valence-electron chi connectivity index (χ1n) is 3.33. The quantitative estimate of drug-likeness (QED) is 0.654. The average Bonchev–Trinajstić information content (AvgIpc) is 1.84. The molecule has 0 saturated carbocycles. The summed E-state index contributed by atoms with van der Waals surface area (Å²) in [6, 6.07) is 1.76. The van der Waals surface area contributed by atoms with Gasteiger partial charge in [0.25, 0.3) is 0 Å². The van der Waals surface area contributed by atoms with Gasteiger partial charge in [0.1, 0.15) is 0 Å². The largest absolute Gasteiger partial charge is 0.481 e. The first kappa shape index (κ1) is 9.92. The van der Waals surface area contributed by atoms with Crippen molar-refractivity contribution in [3.63, 3.8) is 0 Å². The molecule has 1 N–H and O–H groups in total. The minimum Gasteiger partial charge on any atom is -0.481 e. The second-order valence-electron chi connectivity index (χ2n) is 2.40. The molecule has 0 aliphatic carbocycles. The summed E-state index contributed by atoms with van der Waals surface area (Å²) >= 11 is 0. The fourth-order valence-electron chi connectivity index (χ4n) is 0.611. The first-order chi connectivity index (χ1) is 5.06. The Morgan fingerprint density at radius 2 is 2.27 bits per heavy atom. The summed E-state index contributed by atoms with van der Waals surface area (Å²) in [5.74, 6) is -1.02. The summed E-state index contributed by atoms with van der Waals surface area (Å²) in [4.78, 5) is 10.1. The van der Waals surface area contributed by atoms with Crippen molar-refractivity contribution in [2.75, 3.05) is 0 Å². The zero-order chi connectivity index (χ0) is 8.85. The second kappa shape index (κ2) is 4.69. The van der Waals surface area contributed by atoms with Crippen molar-refractivity contribution >= 4 is 5.97 Å². The first-order valence-corrected chi connectivity index (χ1v) is 3.33. The zero-order valence-corrected chi connectivity index (χ0v) is 6.57. The van der Waals surface area contributed by atoms with Crippen molar-refractivity contribution < 1.29 is 14.6 Å². The maximum absolute atomic E-state index is 10.1. The summed E-state index contributed by atoms with van der Waals surface area (Å²) in [6.07, 6.45) is -1.19. The van der Waals surface area contributed by atoms with E-state index < -0.39 is 12.1 Å². The fourth-order valence-corrected chi connectivity index (χ4v) is 0.611. The number of aliphatic carboxylic acids is 1. The van der Waals surface area contributed by atoms with Gasteiger partial charge >= 0.3 is 5.97 Å². The van der Waals surface area contributed by atoms with Crippen molar-refractivity contribution in [2.45, 2.75) is 32.5 Å². The number of ether oxygens (including phenoxy) is 1. The van der Waals surface area contributed by atoms with Crippen molar-refractivity contribution in [3.05, 3.63) is 0 Å². The topological polar surface area (TPSA) is 70.3 Å². The van der Waals surface area contributed by atoms with Crippen LogP contribution in [0, 0.1) is 11.3 Å². The van der Waals surface area contributed by atoms with Crippen LogP contribution < -0.4 is 0 Å². The number of carboxylic acids is 1. The molecular formula is C7H11NO3. The van der Waals surface area contributed by atoms with E-state index in [4.69, 9.17) is 15.1 Å². The van der Waals surface area contributed by atoms with Gasteiger partial charge in [-0.25, -0.2) is 0 Å². The fraction of sp³-hybridized carbons (Fsp3) is 0.714. The van der Waals surface area contributed by atoms with Gasteiger partial charge in [0.2, 0.25) is 0 Å². The highest BCUT2D eigenvalue weighted by atomic mass is 16.5. The SMILES string of the molecule is CC(C)OC(C#N)CC(=O)O. The molecule has 0 heterocycles. The van der Waals surface area contributed by atoms with E-state index in [1.165, 1.54) is 0 Å². The van der Waals surface area contributed by atoms with Gasteiger partial charge in [0.15, 0.2) is 6.10 Å². The summed E-state index contributed by atoms with van der Waals surface area (Å²) < 4.78 is 4.97. The lowest BCUT2D eigenvalue weighted by molar-refractivity contribution is -0.139. The van der Waals surface area contributed by atoms with Crippen LogP contribution >= 0.6 is 0 Å². The summed E-state index contributed by atoms with van der Waals surface area (Å²) in [7, 11) is 0. The van der Waals surface area contributed by atoms with E-state index in [2.05, 4.69) is 0 Å². The highest BCUT2D eigenvalue weighted by molar-refractivity contribution is 5.67. The molecule has 0 aliphatic heterocycles. The van der Waals surface area contributed by atoms with Crippen LogP contribution in [0.15, 0.2) is 0 Å². The summed E-state index contributed by atoms with van der Waals surface area (Å²) in [5.41, 5.74) is 0. The molecule has 1 atom stereocenters. The lowest BCUT2D eigenvalue weighted by Gasteiger charge is -2.10. The Morgan fingerprint density at radius 1 is 1.73 bits per heavy atom. The Hall–Kier alpha value is -1.08. The molecule has 11 heavy (non-hydrogen) atoms. The monoisotopic (exact) mass is 157 g/mol. The molecule has 4 heteroatoms. The molecule has 0 rings (SSSR count). The van der Waals surface area contributed by atoms with E-state index in [9.17, 15) is 4.79 Å². The van der Waals surface area contributed by atoms with Gasteiger partial charge in [0.05, 0.1) is 18.6 Å². The molecule has 0 saturated heterocycles. The highest BCUT2D eigenvalue weighted by Gasteiger charge is 2.13. The van der Waals surface area contributed by atoms with E-state index >= 15 is 0 Å². The van der Waals surface area contributed by atoms with Gasteiger partial charge in [-0.3, -0.25) is 4.79 Å². The van der Waals surface area contributed by atoms with Gasteiger partial charge in [-0.2, -0.15) is 5.26 Å². The van der Waals surface area contributed by atoms with E-state index in [0.29, 0.717) is 0 Å². The highest BCUT2D eigenvalue weighted by Crippen LogP contribution is 2.00. The number of carboxylic acid groups (broad SMARTS) is 1. The number of carbonyl (C=O) groups is 1. The Morgan fingerprint density at radius 3 is 2.55 bits per heavy atom. The van der Waals surface area contributed by atoms with Gasteiger partial charge in [0, 0.05) is 0 Å². The lowest BCUT2D eigenvalue weighted by atomic mass is 10.3. The normalized spacial score (nSPS) is 12.5. The Labute approximate surface area is 65.4 Å². The molecule has 0 aromatic carbocycles. The average molecular weight is 157 g/mol. The molecule has 0 fully saturated rings. The molecule has 62 valence electrons. The third kappa shape index (κ3) is 5.37. The van der Waals surface area contributed by atoms with Gasteiger partial charge in [-0.05, 0) is 13.8 Å². The van der Waals surface area contributed by atoms with Gasteiger partial charge in [-0.15, -0.1) is 0 Å². The number of rotatable bonds is 4. The van der Waals surface area contributed by atoms with Crippen LogP contribution in [-0.4, -0.2) is 23.3 Å². The maximum atomic E-state index is 10.1. The molecule has 1 unspecified atom stereocenters. The van der Waals surface area contributed by atoms with E-state index in [-0.39, 0.29) is 12.5 Å². The van der Waals surface area contributed by atoms with Crippen molar-refractivity contribution in [2.24, 2.45) is 0 Å². The lowest BCUT2D eigenvalue weighted by Crippen LogP contribution is -2.19. The van der Waals surface area contributed by atoms with Crippen LogP contribution in [0.1, 0.15) is 20.3 Å². The standard InChI is InChI=1S/C7H11NO3/c1-5(2)11-6(4-8)3-7(9)10/h5-6H,3H2,1-2H3,(H,9,10). The van der Waals surface area contributed by atoms with Crippen LogP contribution in [0.5, 0.6) is 0 Å². The molecule has 0 bridgehead atoms. The molecule has 0 aromatic rings. The minimum atomic E-state index is -1.02. The number of hydrogen-bond donors (Lipinski definition) is 1. The van der Waals surface area contributed by atoms with E-state index in [1.54, 1.807) is 19.9 Å². The van der Waals surface area contributed by atoms with Crippen LogP contribution in [0.2, 0.25) is 0 Å². The predicted octanol–water partition coefficient (Wildman–Crippen LogP) is 0.778. The smallest absolute Gasteiger partial charge is 0.307 e. The number of hydrogen-bond acceptors (Lipinski definition) is 3.